The molecule has 0 atom stereocenters. The largest absolute Gasteiger partial charge is 0.495 e. The summed E-state index contributed by atoms with van der Waals surface area (Å²) in [6, 6.07) is 0. The molecule has 0 aromatic heterocycles. The molecule has 1 aliphatic carbocycles. The number of halogens is 1. The first kappa shape index (κ1) is 14.7. The summed E-state index contributed by atoms with van der Waals surface area (Å²) in [7, 11) is 4.94. The summed E-state index contributed by atoms with van der Waals surface area (Å²) in [4.78, 5) is 23.8. The molecular weight excluding hydrogens is 264 g/mol. The quantitative estimate of drug-likeness (QED) is 0.557. The van der Waals surface area contributed by atoms with Crippen LogP contribution in [0.25, 0.3) is 0 Å². The fraction of sp³-hybridized carbons (Fsp3) is 0.455. The number of carbonyl (C=O) groups excluding carboxylic acids is 2. The molecule has 0 spiro atoms. The van der Waals surface area contributed by atoms with Gasteiger partial charge in [-0.05, 0) is 6.08 Å². The zero-order chi connectivity index (χ0) is 13.9. The molecule has 0 amide bonds. The predicted molar refractivity (Wildman–Crippen MR) is 61.7 cm³/mol. The molecule has 7 heteroatoms. The molecule has 6 nitrogen and oxygen atoms in total. The Bertz CT molecular complexity index is 433. The fourth-order valence-electron chi connectivity index (χ4n) is 1.61. The Balaban J connectivity index is 3.46. The summed E-state index contributed by atoms with van der Waals surface area (Å²) < 4.78 is 19.5. The van der Waals surface area contributed by atoms with E-state index in [0.717, 1.165) is 0 Å². The Morgan fingerprint density at radius 1 is 1.22 bits per heavy atom. The lowest BCUT2D eigenvalue weighted by Crippen LogP contribution is -2.49. The number of hydrogen-bond donors (Lipinski definition) is 0. The highest BCUT2D eigenvalue weighted by Gasteiger charge is 2.51. The summed E-state index contributed by atoms with van der Waals surface area (Å²) >= 11 is 5.84. The van der Waals surface area contributed by atoms with E-state index in [-0.39, 0.29) is 16.4 Å². The number of methoxy groups -OCH3 is 4. The van der Waals surface area contributed by atoms with Crippen molar-refractivity contribution in [3.63, 3.8) is 0 Å². The molecule has 100 valence electrons. The number of hydrogen-bond acceptors (Lipinski definition) is 6. The maximum atomic E-state index is 12.1. The van der Waals surface area contributed by atoms with Crippen molar-refractivity contribution in [2.45, 2.75) is 5.79 Å². The van der Waals surface area contributed by atoms with Gasteiger partial charge in [0.15, 0.2) is 0 Å². The summed E-state index contributed by atoms with van der Waals surface area (Å²) in [5.41, 5.74) is -0.138. The van der Waals surface area contributed by atoms with Crippen LogP contribution in [0.1, 0.15) is 0 Å². The standard InChI is InChI=1S/C11H13ClO6/c1-15-7-5-6(10(14)16-2)11(17-3,18-4)9(13)8(7)12/h5H,1-4H3. The predicted octanol–water partition coefficient (Wildman–Crippen LogP) is 0.754. The zero-order valence-corrected chi connectivity index (χ0v) is 11.2. The van der Waals surface area contributed by atoms with Gasteiger partial charge in [0.1, 0.15) is 16.4 Å². The molecule has 0 aromatic carbocycles. The van der Waals surface area contributed by atoms with Gasteiger partial charge >= 0.3 is 5.97 Å². The first-order valence-corrected chi connectivity index (χ1v) is 5.25. The second kappa shape index (κ2) is 5.51. The van der Waals surface area contributed by atoms with Crippen LogP contribution in [-0.4, -0.2) is 46.0 Å². The second-order valence-corrected chi connectivity index (χ2v) is 3.66. The van der Waals surface area contributed by atoms with E-state index in [1.807, 2.05) is 0 Å². The summed E-state index contributed by atoms with van der Waals surface area (Å²) in [5, 5.41) is -0.214. The Hall–Kier alpha value is -1.37. The van der Waals surface area contributed by atoms with E-state index < -0.39 is 17.5 Å². The van der Waals surface area contributed by atoms with Crippen LogP contribution < -0.4 is 0 Å². The van der Waals surface area contributed by atoms with Gasteiger partial charge < -0.3 is 18.9 Å². The maximum Gasteiger partial charge on any atom is 0.339 e. The highest BCUT2D eigenvalue weighted by atomic mass is 35.5. The third-order valence-electron chi connectivity index (χ3n) is 2.54. The molecule has 0 unspecified atom stereocenters. The molecule has 1 rings (SSSR count). The lowest BCUT2D eigenvalue weighted by molar-refractivity contribution is -0.191. The van der Waals surface area contributed by atoms with Crippen LogP contribution >= 0.6 is 11.6 Å². The molecule has 0 saturated heterocycles. The number of carbonyl (C=O) groups is 2. The lowest BCUT2D eigenvalue weighted by Gasteiger charge is -2.32. The number of esters is 1. The van der Waals surface area contributed by atoms with Crippen molar-refractivity contribution in [3.8, 4) is 0 Å². The van der Waals surface area contributed by atoms with Gasteiger partial charge in [-0.2, -0.15) is 0 Å². The molecule has 0 heterocycles. The highest BCUT2D eigenvalue weighted by molar-refractivity contribution is 6.45. The van der Waals surface area contributed by atoms with Gasteiger partial charge in [0.05, 0.1) is 14.2 Å². The first-order chi connectivity index (χ1) is 8.48. The SMILES string of the molecule is COC(=O)C1=CC(OC)=C(Cl)C(=O)C1(OC)OC. The number of ether oxygens (including phenoxy) is 4. The van der Waals surface area contributed by atoms with Crippen molar-refractivity contribution in [3.05, 3.63) is 22.4 Å². The van der Waals surface area contributed by atoms with Gasteiger partial charge in [-0.15, -0.1) is 0 Å². The third kappa shape index (κ3) is 2.03. The van der Waals surface area contributed by atoms with Gasteiger partial charge in [0, 0.05) is 14.2 Å². The molecule has 1 aliphatic rings. The second-order valence-electron chi connectivity index (χ2n) is 3.29. The average Bonchev–Trinajstić information content (AvgIpc) is 2.41. The van der Waals surface area contributed by atoms with Crippen LogP contribution in [-0.2, 0) is 28.5 Å². The van der Waals surface area contributed by atoms with Crippen molar-refractivity contribution in [2.24, 2.45) is 0 Å². The smallest absolute Gasteiger partial charge is 0.339 e. The van der Waals surface area contributed by atoms with Gasteiger partial charge in [-0.1, -0.05) is 11.6 Å². The molecule has 18 heavy (non-hydrogen) atoms. The minimum absolute atomic E-state index is 0.0480. The van der Waals surface area contributed by atoms with Crippen LogP contribution in [0.15, 0.2) is 22.4 Å². The molecule has 0 fully saturated rings. The van der Waals surface area contributed by atoms with E-state index in [1.54, 1.807) is 0 Å². The van der Waals surface area contributed by atoms with E-state index >= 15 is 0 Å². The zero-order valence-electron chi connectivity index (χ0n) is 10.4. The summed E-state index contributed by atoms with van der Waals surface area (Å²) in [5.74, 6) is -3.36. The van der Waals surface area contributed by atoms with Gasteiger partial charge in [-0.25, -0.2) is 4.79 Å². The topological polar surface area (TPSA) is 71.1 Å². The first-order valence-electron chi connectivity index (χ1n) is 4.87. The molecule has 0 aliphatic heterocycles. The molecule has 0 N–H and O–H groups in total. The normalized spacial score (nSPS) is 18.5. The van der Waals surface area contributed by atoms with Crippen molar-refractivity contribution in [1.29, 1.82) is 0 Å². The molecular formula is C11H13ClO6. The minimum atomic E-state index is -1.91. The summed E-state index contributed by atoms with van der Waals surface area (Å²) in [6.45, 7) is 0. The van der Waals surface area contributed by atoms with Crippen LogP contribution in [0, 0.1) is 0 Å². The van der Waals surface area contributed by atoms with E-state index in [4.69, 9.17) is 25.8 Å². The third-order valence-corrected chi connectivity index (χ3v) is 2.90. The van der Waals surface area contributed by atoms with Crippen LogP contribution in [0.5, 0.6) is 0 Å². The lowest BCUT2D eigenvalue weighted by atomic mass is 9.94. The highest BCUT2D eigenvalue weighted by Crippen LogP contribution is 2.35. The van der Waals surface area contributed by atoms with Crippen LogP contribution in [0.2, 0.25) is 0 Å². The Kier molecular flexibility index (Phi) is 4.50. The summed E-state index contributed by atoms with van der Waals surface area (Å²) in [6.07, 6.45) is 1.25. The van der Waals surface area contributed by atoms with E-state index in [0.29, 0.717) is 0 Å². The van der Waals surface area contributed by atoms with Crippen LogP contribution in [0.3, 0.4) is 0 Å². The monoisotopic (exact) mass is 276 g/mol. The number of allylic oxidation sites excluding steroid dienone is 1. The number of ketones is 1. The van der Waals surface area contributed by atoms with Gasteiger partial charge in [-0.3, -0.25) is 4.79 Å². The maximum absolute atomic E-state index is 12.1. The number of rotatable bonds is 4. The van der Waals surface area contributed by atoms with Crippen molar-refractivity contribution < 1.29 is 28.5 Å². The van der Waals surface area contributed by atoms with Crippen molar-refractivity contribution in [2.75, 3.05) is 28.4 Å². The van der Waals surface area contributed by atoms with Gasteiger partial charge in [0.2, 0.25) is 5.78 Å². The molecule has 0 aromatic rings. The Labute approximate surface area is 109 Å². The fourth-order valence-corrected chi connectivity index (χ4v) is 1.86. The number of Topliss-reactive ketones (excluding diaryl/α,β-unsaturated/α-hetero) is 1. The molecule has 0 saturated carbocycles. The van der Waals surface area contributed by atoms with Gasteiger partial charge in [0.25, 0.3) is 5.79 Å². The Morgan fingerprint density at radius 2 is 1.78 bits per heavy atom. The molecule has 0 radical (unpaired) electrons. The Morgan fingerprint density at radius 3 is 2.17 bits per heavy atom. The minimum Gasteiger partial charge on any atom is -0.495 e. The average molecular weight is 277 g/mol. The van der Waals surface area contributed by atoms with E-state index in [2.05, 4.69) is 4.74 Å². The van der Waals surface area contributed by atoms with Crippen LogP contribution in [0.4, 0.5) is 0 Å². The van der Waals surface area contributed by atoms with E-state index in [1.165, 1.54) is 34.5 Å². The van der Waals surface area contributed by atoms with E-state index in [9.17, 15) is 9.59 Å². The van der Waals surface area contributed by atoms with Crippen molar-refractivity contribution >= 4 is 23.4 Å². The molecule has 0 bridgehead atoms. The van der Waals surface area contributed by atoms with Crippen molar-refractivity contribution in [1.82, 2.24) is 0 Å².